The Bertz CT molecular complexity index is 1020. The van der Waals surface area contributed by atoms with E-state index in [4.69, 9.17) is 14.7 Å². The van der Waals surface area contributed by atoms with E-state index < -0.39 is 0 Å². The molecule has 4 rings (SSSR count). The summed E-state index contributed by atoms with van der Waals surface area (Å²) in [4.78, 5) is 29.8. The van der Waals surface area contributed by atoms with Gasteiger partial charge in [-0.1, -0.05) is 30.3 Å². The molecule has 0 saturated carbocycles. The second-order valence-corrected chi connectivity index (χ2v) is 7.78. The fraction of sp³-hybridized carbons (Fsp3) is 0.273. The van der Waals surface area contributed by atoms with E-state index in [1.165, 1.54) is 0 Å². The number of nitrogens with zero attached hydrogens (tertiary/aromatic N) is 5. The number of hydrogen-bond donors (Lipinski definition) is 0. The van der Waals surface area contributed by atoms with Gasteiger partial charge in [0.05, 0.1) is 12.3 Å². The SMILES string of the molecule is CCOC(=O)N1CCN(c2cc(-c3cncc(Br)c3)nc(-c3ccccc3)n2)CC1. The molecule has 1 aromatic carbocycles. The number of amides is 1. The van der Waals surface area contributed by atoms with Crippen LogP contribution < -0.4 is 4.90 Å². The van der Waals surface area contributed by atoms with Crippen molar-refractivity contribution in [2.75, 3.05) is 37.7 Å². The first-order valence-corrected chi connectivity index (χ1v) is 10.7. The Labute approximate surface area is 183 Å². The third-order valence-corrected chi connectivity index (χ3v) is 5.31. The number of rotatable bonds is 4. The molecule has 30 heavy (non-hydrogen) atoms. The summed E-state index contributed by atoms with van der Waals surface area (Å²) in [6.45, 7) is 4.75. The molecule has 8 heteroatoms. The number of ether oxygens (including phenoxy) is 1. The number of piperazine rings is 1. The van der Waals surface area contributed by atoms with E-state index in [1.54, 1.807) is 17.3 Å². The van der Waals surface area contributed by atoms with Gasteiger partial charge in [-0.05, 0) is 28.9 Å². The van der Waals surface area contributed by atoms with Gasteiger partial charge in [0.1, 0.15) is 5.82 Å². The van der Waals surface area contributed by atoms with Gasteiger partial charge in [-0.15, -0.1) is 0 Å². The first-order chi connectivity index (χ1) is 14.6. The normalized spacial score (nSPS) is 13.9. The molecule has 3 aromatic rings. The molecule has 1 aliphatic rings. The summed E-state index contributed by atoms with van der Waals surface area (Å²) in [7, 11) is 0. The molecule has 0 N–H and O–H groups in total. The molecule has 1 amide bonds. The average Bonchev–Trinajstić information content (AvgIpc) is 2.79. The molecule has 1 aliphatic heterocycles. The van der Waals surface area contributed by atoms with Crippen LogP contribution in [0, 0.1) is 0 Å². The first kappa shape index (κ1) is 20.3. The van der Waals surface area contributed by atoms with Crippen molar-refractivity contribution in [1.82, 2.24) is 19.9 Å². The topological polar surface area (TPSA) is 71.5 Å². The Kier molecular flexibility index (Phi) is 6.23. The number of anilines is 1. The van der Waals surface area contributed by atoms with Crippen LogP contribution in [-0.2, 0) is 4.74 Å². The number of carbonyl (C=O) groups excluding carboxylic acids is 1. The maximum atomic E-state index is 12.0. The number of pyridine rings is 1. The fourth-order valence-electron chi connectivity index (χ4n) is 3.35. The fourth-order valence-corrected chi connectivity index (χ4v) is 3.71. The van der Waals surface area contributed by atoms with Crippen LogP contribution in [0.3, 0.4) is 0 Å². The van der Waals surface area contributed by atoms with Crippen molar-refractivity contribution in [3.05, 3.63) is 59.3 Å². The van der Waals surface area contributed by atoms with Crippen LogP contribution in [0.4, 0.5) is 10.6 Å². The van der Waals surface area contributed by atoms with Crippen LogP contribution in [0.2, 0.25) is 0 Å². The van der Waals surface area contributed by atoms with Gasteiger partial charge in [0.15, 0.2) is 5.82 Å². The van der Waals surface area contributed by atoms with Crippen molar-refractivity contribution in [1.29, 1.82) is 0 Å². The summed E-state index contributed by atoms with van der Waals surface area (Å²) >= 11 is 3.49. The number of hydrogen-bond acceptors (Lipinski definition) is 6. The Morgan fingerprint density at radius 2 is 1.80 bits per heavy atom. The highest BCUT2D eigenvalue weighted by molar-refractivity contribution is 9.10. The van der Waals surface area contributed by atoms with E-state index in [1.807, 2.05) is 49.4 Å². The molecule has 2 aromatic heterocycles. The number of aromatic nitrogens is 3. The summed E-state index contributed by atoms with van der Waals surface area (Å²) in [5.74, 6) is 1.50. The highest BCUT2D eigenvalue weighted by atomic mass is 79.9. The molecule has 1 saturated heterocycles. The lowest BCUT2D eigenvalue weighted by atomic mass is 10.1. The zero-order chi connectivity index (χ0) is 20.9. The second kappa shape index (κ2) is 9.21. The Balaban J connectivity index is 1.66. The van der Waals surface area contributed by atoms with E-state index in [-0.39, 0.29) is 6.09 Å². The standard InChI is InChI=1S/C22H22BrN5O2/c1-2-30-22(29)28-10-8-27(9-11-28)20-13-19(17-12-18(23)15-24-14-17)25-21(26-20)16-6-4-3-5-7-16/h3-7,12-15H,2,8-11H2,1H3. The van der Waals surface area contributed by atoms with Crippen molar-refractivity contribution >= 4 is 27.8 Å². The minimum absolute atomic E-state index is 0.259. The molecular formula is C22H22BrN5O2. The number of benzene rings is 1. The van der Waals surface area contributed by atoms with Crippen LogP contribution in [0.5, 0.6) is 0 Å². The van der Waals surface area contributed by atoms with Gasteiger partial charge in [-0.2, -0.15) is 0 Å². The van der Waals surface area contributed by atoms with Crippen molar-refractivity contribution in [2.24, 2.45) is 0 Å². The van der Waals surface area contributed by atoms with Crippen molar-refractivity contribution < 1.29 is 9.53 Å². The predicted octanol–water partition coefficient (Wildman–Crippen LogP) is 4.25. The predicted molar refractivity (Wildman–Crippen MR) is 119 cm³/mol. The number of halogens is 1. The van der Waals surface area contributed by atoms with Gasteiger partial charge in [0.25, 0.3) is 0 Å². The van der Waals surface area contributed by atoms with Gasteiger partial charge in [-0.3, -0.25) is 4.98 Å². The lowest BCUT2D eigenvalue weighted by molar-refractivity contribution is 0.105. The Hall–Kier alpha value is -3.00. The van der Waals surface area contributed by atoms with E-state index in [9.17, 15) is 4.79 Å². The van der Waals surface area contributed by atoms with Gasteiger partial charge >= 0.3 is 6.09 Å². The smallest absolute Gasteiger partial charge is 0.409 e. The lowest BCUT2D eigenvalue weighted by Crippen LogP contribution is -2.49. The minimum atomic E-state index is -0.259. The summed E-state index contributed by atoms with van der Waals surface area (Å²) in [6, 6.07) is 13.9. The van der Waals surface area contributed by atoms with Crippen molar-refractivity contribution in [3.63, 3.8) is 0 Å². The van der Waals surface area contributed by atoms with Crippen LogP contribution in [-0.4, -0.2) is 58.7 Å². The minimum Gasteiger partial charge on any atom is -0.450 e. The summed E-state index contributed by atoms with van der Waals surface area (Å²) in [5, 5.41) is 0. The third kappa shape index (κ3) is 4.59. The van der Waals surface area contributed by atoms with Crippen LogP contribution >= 0.6 is 15.9 Å². The molecule has 0 aliphatic carbocycles. The summed E-state index contributed by atoms with van der Waals surface area (Å²) in [5.41, 5.74) is 2.67. The van der Waals surface area contributed by atoms with Gasteiger partial charge in [-0.25, -0.2) is 14.8 Å². The summed E-state index contributed by atoms with van der Waals surface area (Å²) < 4.78 is 6.01. The van der Waals surface area contributed by atoms with Crippen molar-refractivity contribution in [3.8, 4) is 22.6 Å². The molecular weight excluding hydrogens is 446 g/mol. The van der Waals surface area contributed by atoms with Crippen LogP contribution in [0.25, 0.3) is 22.6 Å². The van der Waals surface area contributed by atoms with Crippen LogP contribution in [0.15, 0.2) is 59.3 Å². The molecule has 0 atom stereocenters. The zero-order valence-corrected chi connectivity index (χ0v) is 18.2. The lowest BCUT2D eigenvalue weighted by Gasteiger charge is -2.35. The largest absolute Gasteiger partial charge is 0.450 e. The maximum Gasteiger partial charge on any atom is 0.409 e. The van der Waals surface area contributed by atoms with Gasteiger partial charge < -0.3 is 14.5 Å². The average molecular weight is 468 g/mol. The monoisotopic (exact) mass is 467 g/mol. The van der Waals surface area contributed by atoms with Crippen LogP contribution in [0.1, 0.15) is 6.92 Å². The Morgan fingerprint density at radius 3 is 2.50 bits per heavy atom. The quantitative estimate of drug-likeness (QED) is 0.571. The van der Waals surface area contributed by atoms with Gasteiger partial charge in [0, 0.05) is 60.2 Å². The molecule has 0 unspecified atom stereocenters. The molecule has 0 radical (unpaired) electrons. The van der Waals surface area contributed by atoms with E-state index in [2.05, 4.69) is 25.8 Å². The maximum absolute atomic E-state index is 12.0. The molecule has 0 bridgehead atoms. The molecule has 3 heterocycles. The highest BCUT2D eigenvalue weighted by Gasteiger charge is 2.23. The number of carbonyl (C=O) groups is 1. The molecule has 154 valence electrons. The first-order valence-electron chi connectivity index (χ1n) is 9.86. The summed E-state index contributed by atoms with van der Waals surface area (Å²) in [6.07, 6.45) is 3.29. The van der Waals surface area contributed by atoms with E-state index in [0.717, 1.165) is 27.1 Å². The molecule has 1 fully saturated rings. The third-order valence-electron chi connectivity index (χ3n) is 4.87. The zero-order valence-electron chi connectivity index (χ0n) is 16.7. The molecule has 7 nitrogen and oxygen atoms in total. The van der Waals surface area contributed by atoms with Gasteiger partial charge in [0.2, 0.25) is 0 Å². The van der Waals surface area contributed by atoms with Crippen molar-refractivity contribution in [2.45, 2.75) is 6.92 Å². The molecule has 0 spiro atoms. The highest BCUT2D eigenvalue weighted by Crippen LogP contribution is 2.27. The van der Waals surface area contributed by atoms with E-state index in [0.29, 0.717) is 38.6 Å². The Morgan fingerprint density at radius 1 is 1.03 bits per heavy atom. The van der Waals surface area contributed by atoms with E-state index >= 15 is 0 Å². The second-order valence-electron chi connectivity index (χ2n) is 6.87.